The van der Waals surface area contributed by atoms with Gasteiger partial charge in [-0.15, -0.1) is 0 Å². The lowest BCUT2D eigenvalue weighted by Crippen LogP contribution is -2.48. The summed E-state index contributed by atoms with van der Waals surface area (Å²) in [7, 11) is 0. The van der Waals surface area contributed by atoms with Crippen LogP contribution in [0.5, 0.6) is 0 Å². The van der Waals surface area contributed by atoms with Gasteiger partial charge in [-0.2, -0.15) is 0 Å². The largest absolute Gasteiger partial charge is 0.349 e. The topological polar surface area (TPSA) is 46.1 Å². The fourth-order valence-electron chi connectivity index (χ4n) is 5.35. The molecule has 0 radical (unpaired) electrons. The third-order valence-corrected chi connectivity index (χ3v) is 6.48. The van der Waals surface area contributed by atoms with Gasteiger partial charge in [0, 0.05) is 35.6 Å². The van der Waals surface area contributed by atoms with E-state index < -0.39 is 0 Å². The Morgan fingerprint density at radius 2 is 1.75 bits per heavy atom. The molecule has 4 nitrogen and oxygen atoms in total. The number of carbonyl (C=O) groups is 1. The molecule has 4 rings (SSSR count). The maximum atomic E-state index is 12.9. The van der Waals surface area contributed by atoms with E-state index in [1.165, 1.54) is 50.6 Å². The summed E-state index contributed by atoms with van der Waals surface area (Å²) in [5.41, 5.74) is 3.30. The summed E-state index contributed by atoms with van der Waals surface area (Å²) in [5, 5.41) is 6.97. The van der Waals surface area contributed by atoms with Gasteiger partial charge in [0.2, 0.25) is 0 Å². The van der Waals surface area contributed by atoms with Gasteiger partial charge in [-0.3, -0.25) is 4.79 Å². The Bertz CT molecular complexity index is 603. The van der Waals surface area contributed by atoms with Gasteiger partial charge in [-0.05, 0) is 58.4 Å². The first kappa shape index (κ1) is 16.2. The highest BCUT2D eigenvalue weighted by Gasteiger charge is 2.34. The summed E-state index contributed by atoms with van der Waals surface area (Å²) in [6.07, 6.45) is 11.2. The SMILES string of the molecule is Cc1cc(C(=O)NC2CC3CCC(C2)N3)c(C)n1C1CCCCC1. The summed E-state index contributed by atoms with van der Waals surface area (Å²) >= 11 is 0. The molecule has 132 valence electrons. The fraction of sp³-hybridized carbons (Fsp3) is 0.750. The predicted octanol–water partition coefficient (Wildman–Crippen LogP) is 3.62. The summed E-state index contributed by atoms with van der Waals surface area (Å²) in [4.78, 5) is 12.9. The minimum absolute atomic E-state index is 0.136. The van der Waals surface area contributed by atoms with E-state index in [1.807, 2.05) is 0 Å². The van der Waals surface area contributed by atoms with Crippen molar-refractivity contribution in [2.24, 2.45) is 0 Å². The number of hydrogen-bond acceptors (Lipinski definition) is 2. The Hall–Kier alpha value is -1.29. The third-order valence-electron chi connectivity index (χ3n) is 6.48. The van der Waals surface area contributed by atoms with Crippen LogP contribution >= 0.6 is 0 Å². The molecular weight excluding hydrogens is 298 g/mol. The molecule has 1 amide bonds. The number of nitrogens with zero attached hydrogens (tertiary/aromatic N) is 1. The molecule has 2 unspecified atom stereocenters. The Morgan fingerprint density at radius 1 is 1.08 bits per heavy atom. The van der Waals surface area contributed by atoms with Crippen LogP contribution in [-0.4, -0.2) is 28.6 Å². The highest BCUT2D eigenvalue weighted by Crippen LogP contribution is 2.32. The molecule has 1 aromatic heterocycles. The van der Waals surface area contributed by atoms with Crippen LogP contribution in [0.15, 0.2) is 6.07 Å². The van der Waals surface area contributed by atoms with Gasteiger partial charge in [0.1, 0.15) is 0 Å². The zero-order valence-electron chi connectivity index (χ0n) is 15.1. The lowest BCUT2D eigenvalue weighted by atomic mass is 9.95. The number of piperidine rings is 1. The number of amides is 1. The minimum Gasteiger partial charge on any atom is -0.349 e. The van der Waals surface area contributed by atoms with Gasteiger partial charge >= 0.3 is 0 Å². The Balaban J connectivity index is 1.48. The van der Waals surface area contributed by atoms with Crippen molar-refractivity contribution in [1.82, 2.24) is 15.2 Å². The lowest BCUT2D eigenvalue weighted by Gasteiger charge is -2.29. The van der Waals surface area contributed by atoms with Gasteiger partial charge < -0.3 is 15.2 Å². The predicted molar refractivity (Wildman–Crippen MR) is 96.5 cm³/mol. The van der Waals surface area contributed by atoms with Crippen molar-refractivity contribution in [2.75, 3.05) is 0 Å². The van der Waals surface area contributed by atoms with Crippen LogP contribution in [0.1, 0.15) is 85.6 Å². The summed E-state index contributed by atoms with van der Waals surface area (Å²) in [6.45, 7) is 4.28. The molecule has 2 saturated heterocycles. The van der Waals surface area contributed by atoms with E-state index in [4.69, 9.17) is 0 Å². The first-order valence-electron chi connectivity index (χ1n) is 9.87. The monoisotopic (exact) mass is 329 g/mol. The van der Waals surface area contributed by atoms with Gasteiger partial charge in [0.15, 0.2) is 0 Å². The molecular formula is C20H31N3O. The Morgan fingerprint density at radius 3 is 2.42 bits per heavy atom. The van der Waals surface area contributed by atoms with Gasteiger partial charge in [0.25, 0.3) is 5.91 Å². The van der Waals surface area contributed by atoms with Crippen molar-refractivity contribution in [2.45, 2.75) is 95.8 Å². The number of nitrogens with one attached hydrogen (secondary N) is 2. The number of aromatic nitrogens is 1. The number of carbonyl (C=O) groups excluding carboxylic acids is 1. The smallest absolute Gasteiger partial charge is 0.253 e. The third kappa shape index (κ3) is 3.01. The van der Waals surface area contributed by atoms with Gasteiger partial charge in [0.05, 0.1) is 5.56 Å². The number of hydrogen-bond donors (Lipinski definition) is 2. The zero-order chi connectivity index (χ0) is 16.7. The van der Waals surface area contributed by atoms with Gasteiger partial charge in [-0.25, -0.2) is 0 Å². The molecule has 2 atom stereocenters. The zero-order valence-corrected chi connectivity index (χ0v) is 15.1. The summed E-state index contributed by atoms with van der Waals surface area (Å²) in [6, 6.07) is 4.27. The molecule has 3 fully saturated rings. The molecule has 3 aliphatic rings. The van der Waals surface area contributed by atoms with E-state index in [2.05, 4.69) is 35.1 Å². The number of rotatable bonds is 3. The molecule has 2 bridgehead atoms. The van der Waals surface area contributed by atoms with Crippen LogP contribution in [-0.2, 0) is 0 Å². The van der Waals surface area contributed by atoms with Crippen molar-refractivity contribution in [3.8, 4) is 0 Å². The van der Waals surface area contributed by atoms with Crippen molar-refractivity contribution in [3.05, 3.63) is 23.0 Å². The van der Waals surface area contributed by atoms with E-state index in [1.54, 1.807) is 0 Å². The first-order valence-corrected chi connectivity index (χ1v) is 9.87. The summed E-state index contributed by atoms with van der Waals surface area (Å²) < 4.78 is 2.43. The quantitative estimate of drug-likeness (QED) is 0.889. The second-order valence-corrected chi connectivity index (χ2v) is 8.23. The van der Waals surface area contributed by atoms with Crippen molar-refractivity contribution >= 4 is 5.91 Å². The average Bonchev–Trinajstić information content (AvgIpc) is 3.07. The number of aryl methyl sites for hydroxylation is 1. The second kappa shape index (κ2) is 6.55. The van der Waals surface area contributed by atoms with E-state index in [0.29, 0.717) is 24.2 Å². The molecule has 24 heavy (non-hydrogen) atoms. The maximum Gasteiger partial charge on any atom is 0.253 e. The molecule has 2 N–H and O–H groups in total. The van der Waals surface area contributed by atoms with Crippen LogP contribution < -0.4 is 10.6 Å². The van der Waals surface area contributed by atoms with Crippen LogP contribution in [0, 0.1) is 13.8 Å². The van der Waals surface area contributed by atoms with Crippen molar-refractivity contribution in [1.29, 1.82) is 0 Å². The molecule has 2 aliphatic heterocycles. The molecule has 3 heterocycles. The van der Waals surface area contributed by atoms with E-state index in [-0.39, 0.29) is 5.91 Å². The van der Waals surface area contributed by atoms with Gasteiger partial charge in [-0.1, -0.05) is 19.3 Å². The Labute approximate surface area is 145 Å². The lowest BCUT2D eigenvalue weighted by molar-refractivity contribution is 0.0923. The maximum absolute atomic E-state index is 12.9. The normalized spacial score (nSPS) is 30.5. The van der Waals surface area contributed by atoms with E-state index in [9.17, 15) is 4.79 Å². The summed E-state index contributed by atoms with van der Waals surface area (Å²) in [5.74, 6) is 0.136. The standard InChI is InChI=1S/C20H31N3O/c1-13-10-19(14(2)23(13)18-6-4-3-5-7-18)20(24)22-17-11-15-8-9-16(12-17)21-15/h10,15-18,21H,3-9,11-12H2,1-2H3,(H,22,24). The second-order valence-electron chi connectivity index (χ2n) is 8.23. The molecule has 4 heteroatoms. The van der Waals surface area contributed by atoms with Crippen LogP contribution in [0.25, 0.3) is 0 Å². The number of fused-ring (bicyclic) bond motifs is 2. The minimum atomic E-state index is 0.136. The van der Waals surface area contributed by atoms with E-state index in [0.717, 1.165) is 24.1 Å². The van der Waals surface area contributed by atoms with Crippen LogP contribution in [0.4, 0.5) is 0 Å². The van der Waals surface area contributed by atoms with Crippen LogP contribution in [0.3, 0.4) is 0 Å². The highest BCUT2D eigenvalue weighted by atomic mass is 16.1. The molecule has 0 aromatic carbocycles. The van der Waals surface area contributed by atoms with Crippen molar-refractivity contribution < 1.29 is 4.79 Å². The first-order chi connectivity index (χ1) is 11.6. The molecule has 1 saturated carbocycles. The molecule has 0 spiro atoms. The Kier molecular flexibility index (Phi) is 4.42. The van der Waals surface area contributed by atoms with E-state index >= 15 is 0 Å². The fourth-order valence-corrected chi connectivity index (χ4v) is 5.35. The van der Waals surface area contributed by atoms with Crippen LogP contribution in [0.2, 0.25) is 0 Å². The van der Waals surface area contributed by atoms with Crippen molar-refractivity contribution in [3.63, 3.8) is 0 Å². The molecule has 1 aromatic rings. The molecule has 1 aliphatic carbocycles. The average molecular weight is 329 g/mol. The highest BCUT2D eigenvalue weighted by molar-refractivity contribution is 5.96.